The lowest BCUT2D eigenvalue weighted by atomic mass is 9.94. The summed E-state index contributed by atoms with van der Waals surface area (Å²) in [5, 5.41) is 9.32. The maximum Gasteiger partial charge on any atom is 0.130 e. The summed E-state index contributed by atoms with van der Waals surface area (Å²) in [5.41, 5.74) is 1.28. The van der Waals surface area contributed by atoms with Crippen molar-refractivity contribution in [2.24, 2.45) is 5.92 Å². The fourth-order valence-electron chi connectivity index (χ4n) is 2.60. The molecule has 3 heteroatoms. The highest BCUT2D eigenvalue weighted by Crippen LogP contribution is 2.31. The van der Waals surface area contributed by atoms with E-state index in [1.54, 1.807) is 6.07 Å². The Hall–Kier alpha value is -1.09. The Morgan fingerprint density at radius 1 is 1.35 bits per heavy atom. The molecule has 1 aliphatic rings. The molecule has 2 unspecified atom stereocenters. The Bertz CT molecular complexity index is 394. The molecule has 2 atom stereocenters. The Morgan fingerprint density at radius 2 is 2.12 bits per heavy atom. The number of benzene rings is 1. The zero-order valence-corrected chi connectivity index (χ0v) is 10.5. The zero-order valence-electron chi connectivity index (χ0n) is 10.5. The second-order valence-corrected chi connectivity index (χ2v) is 5.08. The van der Waals surface area contributed by atoms with Gasteiger partial charge in [-0.3, -0.25) is 0 Å². The molecule has 0 spiro atoms. The summed E-state index contributed by atoms with van der Waals surface area (Å²) in [4.78, 5) is 2.22. The molecule has 1 aromatic rings. The van der Waals surface area contributed by atoms with Gasteiger partial charge in [0.25, 0.3) is 0 Å². The third kappa shape index (κ3) is 2.44. The number of hydrogen-bond acceptors (Lipinski definition) is 2. The van der Waals surface area contributed by atoms with Crippen molar-refractivity contribution in [1.29, 1.82) is 0 Å². The second kappa shape index (κ2) is 5.05. The van der Waals surface area contributed by atoms with Crippen LogP contribution in [0.25, 0.3) is 0 Å². The number of anilines is 1. The third-order valence-corrected chi connectivity index (χ3v) is 3.68. The van der Waals surface area contributed by atoms with Gasteiger partial charge in [0.2, 0.25) is 0 Å². The van der Waals surface area contributed by atoms with Gasteiger partial charge in [0.15, 0.2) is 0 Å². The van der Waals surface area contributed by atoms with Crippen molar-refractivity contribution in [3.05, 3.63) is 29.6 Å². The Morgan fingerprint density at radius 3 is 2.82 bits per heavy atom. The van der Waals surface area contributed by atoms with Crippen LogP contribution in [0.4, 0.5) is 10.1 Å². The van der Waals surface area contributed by atoms with Gasteiger partial charge >= 0.3 is 0 Å². The van der Waals surface area contributed by atoms with Crippen molar-refractivity contribution in [2.75, 3.05) is 11.4 Å². The zero-order chi connectivity index (χ0) is 12.4. The number of halogens is 1. The Balaban J connectivity index is 2.35. The van der Waals surface area contributed by atoms with E-state index in [0.29, 0.717) is 17.5 Å². The van der Waals surface area contributed by atoms with E-state index in [-0.39, 0.29) is 12.4 Å². The quantitative estimate of drug-likeness (QED) is 0.855. The summed E-state index contributed by atoms with van der Waals surface area (Å²) in [6.07, 6.45) is 2.35. The first kappa shape index (κ1) is 12.4. The molecule has 0 amide bonds. The first-order valence-electron chi connectivity index (χ1n) is 6.28. The Labute approximate surface area is 102 Å². The average molecular weight is 237 g/mol. The molecule has 1 saturated heterocycles. The van der Waals surface area contributed by atoms with Crippen LogP contribution in [-0.4, -0.2) is 17.7 Å². The normalized spacial score (nSPS) is 25.1. The molecule has 1 fully saturated rings. The van der Waals surface area contributed by atoms with Crippen molar-refractivity contribution in [1.82, 2.24) is 0 Å². The molecule has 2 rings (SSSR count). The smallest absolute Gasteiger partial charge is 0.130 e. The molecular weight excluding hydrogens is 217 g/mol. The van der Waals surface area contributed by atoms with Crippen molar-refractivity contribution >= 4 is 5.69 Å². The number of nitrogens with zero attached hydrogens (tertiary/aromatic N) is 1. The van der Waals surface area contributed by atoms with Gasteiger partial charge in [-0.25, -0.2) is 4.39 Å². The minimum absolute atomic E-state index is 0.237. The summed E-state index contributed by atoms with van der Waals surface area (Å²) >= 11 is 0. The molecule has 0 bridgehead atoms. The highest BCUT2D eigenvalue weighted by Gasteiger charge is 2.25. The molecule has 1 aromatic carbocycles. The molecule has 0 saturated carbocycles. The van der Waals surface area contributed by atoms with E-state index >= 15 is 0 Å². The monoisotopic (exact) mass is 237 g/mol. The van der Waals surface area contributed by atoms with Crippen LogP contribution < -0.4 is 4.90 Å². The van der Waals surface area contributed by atoms with Crippen LogP contribution in [0.3, 0.4) is 0 Å². The molecule has 0 radical (unpaired) electrons. The molecule has 1 aliphatic heterocycles. The first-order chi connectivity index (χ1) is 8.13. The summed E-state index contributed by atoms with van der Waals surface area (Å²) in [5.74, 6) is 0.316. The lowest BCUT2D eigenvalue weighted by molar-refractivity contribution is 0.275. The molecule has 94 valence electrons. The molecule has 17 heavy (non-hydrogen) atoms. The topological polar surface area (TPSA) is 23.5 Å². The van der Waals surface area contributed by atoms with Gasteiger partial charge in [0.1, 0.15) is 5.82 Å². The van der Waals surface area contributed by atoms with Crippen LogP contribution in [0.5, 0.6) is 0 Å². The van der Waals surface area contributed by atoms with Gasteiger partial charge in [0.05, 0.1) is 6.61 Å². The van der Waals surface area contributed by atoms with Crippen molar-refractivity contribution < 1.29 is 9.50 Å². The van der Waals surface area contributed by atoms with Crippen LogP contribution in [0.2, 0.25) is 0 Å². The lowest BCUT2D eigenvalue weighted by Crippen LogP contribution is -2.41. The molecule has 1 N–H and O–H groups in total. The van der Waals surface area contributed by atoms with Gasteiger partial charge in [-0.2, -0.15) is 0 Å². The van der Waals surface area contributed by atoms with Gasteiger partial charge in [-0.15, -0.1) is 0 Å². The summed E-state index contributed by atoms with van der Waals surface area (Å²) in [6, 6.07) is 5.45. The van der Waals surface area contributed by atoms with E-state index in [9.17, 15) is 9.50 Å². The molecule has 2 nitrogen and oxygen atoms in total. The van der Waals surface area contributed by atoms with Gasteiger partial charge < -0.3 is 10.0 Å². The maximum absolute atomic E-state index is 13.6. The van der Waals surface area contributed by atoms with E-state index in [0.717, 1.165) is 18.7 Å². The highest BCUT2D eigenvalue weighted by molar-refractivity contribution is 5.55. The minimum Gasteiger partial charge on any atom is -0.391 e. The molecule has 0 aliphatic carbocycles. The van der Waals surface area contributed by atoms with Crippen LogP contribution in [0.15, 0.2) is 18.2 Å². The van der Waals surface area contributed by atoms with E-state index in [4.69, 9.17) is 0 Å². The number of rotatable bonds is 2. The summed E-state index contributed by atoms with van der Waals surface area (Å²) in [7, 11) is 0. The Kier molecular flexibility index (Phi) is 3.67. The summed E-state index contributed by atoms with van der Waals surface area (Å²) in [6.45, 7) is 5.09. The van der Waals surface area contributed by atoms with E-state index in [1.165, 1.54) is 12.5 Å². The predicted octanol–water partition coefficient (Wildman–Crippen LogP) is 2.94. The first-order valence-corrected chi connectivity index (χ1v) is 6.28. The van der Waals surface area contributed by atoms with E-state index < -0.39 is 0 Å². The average Bonchev–Trinajstić information content (AvgIpc) is 2.32. The van der Waals surface area contributed by atoms with Gasteiger partial charge in [-0.05, 0) is 37.8 Å². The minimum atomic E-state index is -0.310. The van der Waals surface area contributed by atoms with Crippen molar-refractivity contribution in [3.8, 4) is 0 Å². The van der Waals surface area contributed by atoms with Gasteiger partial charge in [0, 0.05) is 23.8 Å². The van der Waals surface area contributed by atoms with Crippen LogP contribution in [0.1, 0.15) is 32.3 Å². The van der Waals surface area contributed by atoms with Gasteiger partial charge in [-0.1, -0.05) is 13.0 Å². The van der Waals surface area contributed by atoms with Crippen LogP contribution in [-0.2, 0) is 6.61 Å². The number of aliphatic hydroxyl groups excluding tert-OH is 1. The maximum atomic E-state index is 13.6. The predicted molar refractivity (Wildman–Crippen MR) is 67.5 cm³/mol. The van der Waals surface area contributed by atoms with E-state index in [2.05, 4.69) is 18.7 Å². The molecule has 1 heterocycles. The number of piperidine rings is 1. The van der Waals surface area contributed by atoms with Crippen molar-refractivity contribution in [2.45, 2.75) is 39.3 Å². The van der Waals surface area contributed by atoms with Crippen molar-refractivity contribution in [3.63, 3.8) is 0 Å². The number of hydrogen-bond donors (Lipinski definition) is 1. The standard InChI is InChI=1S/C14H20FNO/c1-10-6-7-11(2)16(8-10)14-5-3-4-13(15)12(14)9-17/h3-5,10-11,17H,6-9H2,1-2H3. The lowest BCUT2D eigenvalue weighted by Gasteiger charge is -2.39. The van der Waals surface area contributed by atoms with Crippen LogP contribution in [0, 0.1) is 11.7 Å². The fourth-order valence-corrected chi connectivity index (χ4v) is 2.60. The summed E-state index contributed by atoms with van der Waals surface area (Å²) < 4.78 is 13.6. The van der Waals surface area contributed by atoms with E-state index in [1.807, 2.05) is 6.07 Å². The molecular formula is C14H20FNO. The van der Waals surface area contributed by atoms with Crippen LogP contribution >= 0.6 is 0 Å². The SMILES string of the molecule is CC1CCC(C)N(c2cccc(F)c2CO)C1. The number of aliphatic hydroxyl groups is 1. The molecule has 0 aromatic heterocycles. The largest absolute Gasteiger partial charge is 0.391 e. The fraction of sp³-hybridized carbons (Fsp3) is 0.571. The third-order valence-electron chi connectivity index (χ3n) is 3.68. The second-order valence-electron chi connectivity index (χ2n) is 5.08. The highest BCUT2D eigenvalue weighted by atomic mass is 19.1.